The number of rotatable bonds is 7. The standard InChI is InChI=1S/C25H24O12/c26-15-5-1-13(9-17(15)28)3-7-19(30)24(36)11-23(35,22(33)34)12-25(37,21(24)32)20(31)8-4-14-2-6-16(27)18(29)10-14/h1-10,21,26-29,32,35-37H,11-12H2,(H,33,34)/b7-3+,8-4+/t21?,23?,24-,25-/m0/s1. The van der Waals surface area contributed by atoms with Crippen LogP contribution in [0.5, 0.6) is 23.0 Å². The molecule has 0 spiro atoms. The van der Waals surface area contributed by atoms with E-state index in [1.807, 2.05) is 0 Å². The van der Waals surface area contributed by atoms with Gasteiger partial charge < -0.3 is 46.0 Å². The van der Waals surface area contributed by atoms with Crippen molar-refractivity contribution in [1.29, 1.82) is 0 Å². The molecule has 12 heteroatoms. The molecule has 0 bridgehead atoms. The van der Waals surface area contributed by atoms with Crippen molar-refractivity contribution in [3.63, 3.8) is 0 Å². The number of carbonyl (C=O) groups is 3. The molecule has 0 unspecified atom stereocenters. The minimum absolute atomic E-state index is 0.150. The number of phenols is 4. The summed E-state index contributed by atoms with van der Waals surface area (Å²) in [6.45, 7) is 0. The molecular formula is C25H24O12. The lowest BCUT2D eigenvalue weighted by Crippen LogP contribution is -2.72. The van der Waals surface area contributed by atoms with Crippen LogP contribution >= 0.6 is 0 Å². The van der Waals surface area contributed by atoms with Crippen molar-refractivity contribution in [3.8, 4) is 23.0 Å². The summed E-state index contributed by atoms with van der Waals surface area (Å²) in [7, 11) is 0. The summed E-state index contributed by atoms with van der Waals surface area (Å²) >= 11 is 0. The molecule has 0 radical (unpaired) electrons. The van der Waals surface area contributed by atoms with Gasteiger partial charge >= 0.3 is 5.97 Å². The molecule has 2 aromatic carbocycles. The topological polar surface area (TPSA) is 233 Å². The number of carboxylic acid groups (broad SMARTS) is 1. The van der Waals surface area contributed by atoms with E-state index in [2.05, 4.69) is 0 Å². The molecule has 1 aliphatic rings. The molecule has 1 saturated carbocycles. The fraction of sp³-hybridized carbons (Fsp3) is 0.240. The van der Waals surface area contributed by atoms with Crippen LogP contribution in [0.4, 0.5) is 0 Å². The SMILES string of the molecule is O=C(O)C1(O)C[C@](O)(C(=O)/C=C/c2ccc(O)c(O)c2)C(O)[C@@](O)(C(=O)/C=C/c2ccc(O)c(O)c2)C1. The van der Waals surface area contributed by atoms with Crippen LogP contribution in [0.1, 0.15) is 24.0 Å². The number of phenolic OH excluding ortho intramolecular Hbond substituents is 4. The van der Waals surface area contributed by atoms with E-state index in [4.69, 9.17) is 0 Å². The molecule has 0 aromatic heterocycles. The first-order valence-electron chi connectivity index (χ1n) is 10.7. The minimum Gasteiger partial charge on any atom is -0.504 e. The first-order chi connectivity index (χ1) is 17.1. The van der Waals surface area contributed by atoms with Gasteiger partial charge in [0.05, 0.1) is 0 Å². The Bertz CT molecular complexity index is 1220. The van der Waals surface area contributed by atoms with Crippen LogP contribution in [0.3, 0.4) is 0 Å². The highest BCUT2D eigenvalue weighted by molar-refractivity contribution is 6.06. The van der Waals surface area contributed by atoms with Crippen molar-refractivity contribution in [2.24, 2.45) is 0 Å². The molecule has 2 aromatic rings. The van der Waals surface area contributed by atoms with E-state index in [1.54, 1.807) is 0 Å². The van der Waals surface area contributed by atoms with E-state index in [9.17, 15) is 60.3 Å². The van der Waals surface area contributed by atoms with Gasteiger partial charge in [-0.1, -0.05) is 24.3 Å². The Hall–Kier alpha value is -4.23. The monoisotopic (exact) mass is 516 g/mol. The van der Waals surface area contributed by atoms with E-state index in [0.29, 0.717) is 12.2 Å². The summed E-state index contributed by atoms with van der Waals surface area (Å²) in [5.41, 5.74) is -9.00. The zero-order chi connectivity index (χ0) is 27.8. The number of hydrogen-bond donors (Lipinski definition) is 9. The van der Waals surface area contributed by atoms with Crippen molar-refractivity contribution < 1.29 is 60.3 Å². The predicted octanol–water partition coefficient (Wildman–Crippen LogP) is -0.194. The van der Waals surface area contributed by atoms with Gasteiger partial charge in [-0.2, -0.15) is 0 Å². The summed E-state index contributed by atoms with van der Waals surface area (Å²) in [6, 6.07) is 6.87. The molecule has 196 valence electrons. The van der Waals surface area contributed by atoms with Crippen LogP contribution in [0.15, 0.2) is 48.6 Å². The Kier molecular flexibility index (Phi) is 7.15. The molecule has 0 heterocycles. The maximum absolute atomic E-state index is 12.9. The number of carboxylic acids is 1. The predicted molar refractivity (Wildman–Crippen MR) is 125 cm³/mol. The molecule has 3 rings (SSSR count). The van der Waals surface area contributed by atoms with Gasteiger partial charge in [0.1, 0.15) is 6.10 Å². The third kappa shape index (κ3) is 5.17. The summed E-state index contributed by atoms with van der Waals surface area (Å²) in [5, 5.41) is 90.9. The zero-order valence-electron chi connectivity index (χ0n) is 19.0. The third-order valence-electron chi connectivity index (χ3n) is 6.13. The van der Waals surface area contributed by atoms with Crippen LogP contribution in [-0.2, 0) is 14.4 Å². The largest absolute Gasteiger partial charge is 0.504 e. The van der Waals surface area contributed by atoms with E-state index >= 15 is 0 Å². The van der Waals surface area contributed by atoms with Crippen LogP contribution in [0, 0.1) is 0 Å². The van der Waals surface area contributed by atoms with Crippen molar-refractivity contribution in [1.82, 2.24) is 0 Å². The van der Waals surface area contributed by atoms with Crippen molar-refractivity contribution >= 4 is 29.7 Å². The maximum atomic E-state index is 12.9. The zero-order valence-corrected chi connectivity index (χ0v) is 19.0. The van der Waals surface area contributed by atoms with Gasteiger partial charge in [-0.15, -0.1) is 0 Å². The molecule has 1 aliphatic carbocycles. The second kappa shape index (κ2) is 9.67. The van der Waals surface area contributed by atoms with E-state index in [0.717, 1.165) is 36.4 Å². The fourth-order valence-corrected chi connectivity index (χ4v) is 4.06. The highest BCUT2D eigenvalue weighted by Gasteiger charge is 2.66. The molecule has 1 fully saturated rings. The van der Waals surface area contributed by atoms with Gasteiger partial charge in [0, 0.05) is 12.8 Å². The number of benzene rings is 2. The average molecular weight is 516 g/mol. The fourth-order valence-electron chi connectivity index (χ4n) is 4.06. The molecule has 0 amide bonds. The number of aliphatic hydroxyl groups is 4. The lowest BCUT2D eigenvalue weighted by molar-refractivity contribution is -0.235. The van der Waals surface area contributed by atoms with Crippen LogP contribution in [-0.4, -0.2) is 86.4 Å². The van der Waals surface area contributed by atoms with Crippen molar-refractivity contribution in [2.45, 2.75) is 35.7 Å². The van der Waals surface area contributed by atoms with E-state index in [-0.39, 0.29) is 11.1 Å². The molecule has 2 atom stereocenters. The average Bonchev–Trinajstić information content (AvgIpc) is 2.83. The molecule has 0 saturated heterocycles. The van der Waals surface area contributed by atoms with Crippen LogP contribution in [0.2, 0.25) is 0 Å². The Morgan fingerprint density at radius 2 is 1.08 bits per heavy atom. The Balaban J connectivity index is 1.98. The first-order valence-corrected chi connectivity index (χ1v) is 10.7. The van der Waals surface area contributed by atoms with Gasteiger partial charge in [-0.05, 0) is 47.5 Å². The van der Waals surface area contributed by atoms with Crippen molar-refractivity contribution in [3.05, 3.63) is 59.7 Å². The number of hydrogen-bond acceptors (Lipinski definition) is 11. The lowest BCUT2D eigenvalue weighted by atomic mass is 9.62. The Labute approximate surface area is 208 Å². The minimum atomic E-state index is -3.14. The number of ketones is 2. The van der Waals surface area contributed by atoms with Gasteiger partial charge in [-0.25, -0.2) is 4.79 Å². The molecule has 0 aliphatic heterocycles. The summed E-state index contributed by atoms with van der Waals surface area (Å²) in [5.74, 6) is -6.67. The smallest absolute Gasteiger partial charge is 0.335 e. The van der Waals surface area contributed by atoms with Gasteiger partial charge in [0.25, 0.3) is 0 Å². The second-order valence-corrected chi connectivity index (χ2v) is 8.83. The molecule has 37 heavy (non-hydrogen) atoms. The van der Waals surface area contributed by atoms with E-state index in [1.165, 1.54) is 12.1 Å². The van der Waals surface area contributed by atoms with Gasteiger partial charge in [-0.3, -0.25) is 9.59 Å². The van der Waals surface area contributed by atoms with Crippen LogP contribution < -0.4 is 0 Å². The quantitative estimate of drug-likeness (QED) is 0.172. The highest BCUT2D eigenvalue weighted by Crippen LogP contribution is 2.43. The van der Waals surface area contributed by atoms with Crippen molar-refractivity contribution in [2.75, 3.05) is 0 Å². The highest BCUT2D eigenvalue weighted by atomic mass is 16.4. The molecule has 12 nitrogen and oxygen atoms in total. The Morgan fingerprint density at radius 1 is 0.703 bits per heavy atom. The normalized spacial score (nSPS) is 27.9. The molecular weight excluding hydrogens is 492 g/mol. The molecule has 9 N–H and O–H groups in total. The van der Waals surface area contributed by atoms with E-state index < -0.39 is 76.3 Å². The number of aliphatic carboxylic acids is 1. The van der Waals surface area contributed by atoms with Gasteiger partial charge in [0.2, 0.25) is 0 Å². The second-order valence-electron chi connectivity index (χ2n) is 8.83. The number of carbonyl (C=O) groups excluding carboxylic acids is 2. The third-order valence-corrected chi connectivity index (χ3v) is 6.13. The number of aromatic hydroxyl groups is 4. The first kappa shape index (κ1) is 27.4. The lowest BCUT2D eigenvalue weighted by Gasteiger charge is -2.49. The van der Waals surface area contributed by atoms with Gasteiger partial charge in [0.15, 0.2) is 51.4 Å². The number of aliphatic hydroxyl groups excluding tert-OH is 1. The Morgan fingerprint density at radius 3 is 1.41 bits per heavy atom. The summed E-state index contributed by atoms with van der Waals surface area (Å²) < 4.78 is 0. The van der Waals surface area contributed by atoms with Crippen LogP contribution in [0.25, 0.3) is 12.2 Å². The summed E-state index contributed by atoms with van der Waals surface area (Å²) in [6.07, 6.45) is -1.69. The maximum Gasteiger partial charge on any atom is 0.335 e. The summed E-state index contributed by atoms with van der Waals surface area (Å²) in [4.78, 5) is 37.6.